The molecule has 142 valence electrons. The van der Waals surface area contributed by atoms with E-state index in [9.17, 15) is 0 Å². The Bertz CT molecular complexity index is 528. The Morgan fingerprint density at radius 1 is 1.32 bits per heavy atom. The number of guanidine groups is 1. The number of benzene rings is 1. The molecule has 6 heteroatoms. The van der Waals surface area contributed by atoms with E-state index in [4.69, 9.17) is 4.74 Å². The van der Waals surface area contributed by atoms with Gasteiger partial charge in [0.25, 0.3) is 0 Å². The maximum Gasteiger partial charge on any atom is 0.191 e. The Morgan fingerprint density at radius 2 is 2.04 bits per heavy atom. The molecule has 0 atom stereocenters. The van der Waals surface area contributed by atoms with E-state index in [1.54, 1.807) is 0 Å². The summed E-state index contributed by atoms with van der Waals surface area (Å²) in [5, 5.41) is 6.87. The third-order valence-electron chi connectivity index (χ3n) is 4.48. The fourth-order valence-electron chi connectivity index (χ4n) is 2.99. The van der Waals surface area contributed by atoms with Gasteiger partial charge in [0.15, 0.2) is 5.96 Å². The Balaban J connectivity index is 0.00000312. The zero-order valence-corrected chi connectivity index (χ0v) is 18.2. The molecule has 25 heavy (non-hydrogen) atoms. The van der Waals surface area contributed by atoms with E-state index < -0.39 is 0 Å². The van der Waals surface area contributed by atoms with Gasteiger partial charge in [-0.1, -0.05) is 12.1 Å². The normalized spacial score (nSPS) is 16.4. The molecule has 1 fully saturated rings. The fraction of sp³-hybridized carbons (Fsp3) is 0.632. The van der Waals surface area contributed by atoms with Crippen LogP contribution in [-0.4, -0.2) is 56.2 Å². The van der Waals surface area contributed by atoms with Gasteiger partial charge in [-0.05, 0) is 51.3 Å². The van der Waals surface area contributed by atoms with Crippen LogP contribution in [0.1, 0.15) is 32.3 Å². The summed E-state index contributed by atoms with van der Waals surface area (Å²) in [6.07, 6.45) is 2.33. The standard InChI is InChI=1S/C19H32N4O.HI/c1-15(2)23-11-8-17(9-12-23)22-19(20-4)21-10-13-24-18-7-5-6-16(3)14-18;/h5-7,14-15,17H,8-13H2,1-4H3,(H2,20,21,22);1H. The Hall–Kier alpha value is -1.02. The number of aryl methyl sites for hydroxylation is 1. The van der Waals surface area contributed by atoms with Crippen molar-refractivity contribution >= 4 is 29.9 Å². The van der Waals surface area contributed by atoms with Crippen molar-refractivity contribution in [2.24, 2.45) is 4.99 Å². The molecule has 0 aromatic heterocycles. The van der Waals surface area contributed by atoms with Crippen molar-refractivity contribution in [1.82, 2.24) is 15.5 Å². The van der Waals surface area contributed by atoms with Crippen LogP contribution in [0.2, 0.25) is 0 Å². The van der Waals surface area contributed by atoms with Gasteiger partial charge in [-0.3, -0.25) is 4.99 Å². The highest BCUT2D eigenvalue weighted by Gasteiger charge is 2.21. The molecule has 2 rings (SSSR count). The molecular weight excluding hydrogens is 427 g/mol. The van der Waals surface area contributed by atoms with E-state index in [1.807, 2.05) is 19.2 Å². The number of nitrogens with one attached hydrogen (secondary N) is 2. The zero-order valence-electron chi connectivity index (χ0n) is 15.9. The van der Waals surface area contributed by atoms with Crippen molar-refractivity contribution in [2.45, 2.75) is 45.7 Å². The first-order chi connectivity index (χ1) is 11.6. The third kappa shape index (κ3) is 7.81. The lowest BCUT2D eigenvalue weighted by Gasteiger charge is -2.35. The highest BCUT2D eigenvalue weighted by Crippen LogP contribution is 2.13. The lowest BCUT2D eigenvalue weighted by molar-refractivity contribution is 0.167. The lowest BCUT2D eigenvalue weighted by atomic mass is 10.0. The molecule has 1 aliphatic rings. The van der Waals surface area contributed by atoms with Gasteiger partial charge in [-0.2, -0.15) is 0 Å². The van der Waals surface area contributed by atoms with Gasteiger partial charge in [-0.25, -0.2) is 0 Å². The van der Waals surface area contributed by atoms with Gasteiger partial charge in [-0.15, -0.1) is 24.0 Å². The monoisotopic (exact) mass is 460 g/mol. The summed E-state index contributed by atoms with van der Waals surface area (Å²) < 4.78 is 5.76. The molecular formula is C19H33IN4O. The van der Waals surface area contributed by atoms with E-state index >= 15 is 0 Å². The molecule has 0 spiro atoms. The molecule has 0 unspecified atom stereocenters. The van der Waals surface area contributed by atoms with Gasteiger partial charge in [0.1, 0.15) is 12.4 Å². The summed E-state index contributed by atoms with van der Waals surface area (Å²) in [5.41, 5.74) is 1.21. The van der Waals surface area contributed by atoms with Crippen LogP contribution in [0, 0.1) is 6.92 Å². The number of piperidine rings is 1. The van der Waals surface area contributed by atoms with Gasteiger partial charge >= 0.3 is 0 Å². The number of hydrogen-bond acceptors (Lipinski definition) is 3. The molecule has 0 radical (unpaired) electrons. The van der Waals surface area contributed by atoms with Crippen LogP contribution in [0.5, 0.6) is 5.75 Å². The second-order valence-electron chi connectivity index (χ2n) is 6.71. The van der Waals surface area contributed by atoms with Crippen LogP contribution in [0.25, 0.3) is 0 Å². The number of aliphatic imine (C=N–C) groups is 1. The Kier molecular flexibility index (Phi) is 10.2. The summed E-state index contributed by atoms with van der Waals surface area (Å²) in [6.45, 7) is 10.3. The second kappa shape index (κ2) is 11.6. The van der Waals surface area contributed by atoms with Crippen LogP contribution in [0.4, 0.5) is 0 Å². The van der Waals surface area contributed by atoms with E-state index in [0.717, 1.165) is 31.3 Å². The number of likely N-dealkylation sites (tertiary alicyclic amines) is 1. The third-order valence-corrected chi connectivity index (χ3v) is 4.48. The Morgan fingerprint density at radius 3 is 2.64 bits per heavy atom. The summed E-state index contributed by atoms with van der Waals surface area (Å²) >= 11 is 0. The van der Waals surface area contributed by atoms with Crippen LogP contribution < -0.4 is 15.4 Å². The average molecular weight is 460 g/mol. The molecule has 0 saturated carbocycles. The summed E-state index contributed by atoms with van der Waals surface area (Å²) in [6, 6.07) is 9.27. The van der Waals surface area contributed by atoms with E-state index in [2.05, 4.69) is 53.4 Å². The molecule has 0 bridgehead atoms. The molecule has 1 aromatic carbocycles. The van der Waals surface area contributed by atoms with Crippen LogP contribution in [0.3, 0.4) is 0 Å². The zero-order chi connectivity index (χ0) is 17.4. The summed E-state index contributed by atoms with van der Waals surface area (Å²) in [7, 11) is 1.82. The fourth-order valence-corrected chi connectivity index (χ4v) is 2.99. The maximum atomic E-state index is 5.76. The van der Waals surface area contributed by atoms with Crippen LogP contribution >= 0.6 is 24.0 Å². The number of nitrogens with zero attached hydrogens (tertiary/aromatic N) is 2. The van der Waals surface area contributed by atoms with E-state index in [1.165, 1.54) is 18.4 Å². The quantitative estimate of drug-likeness (QED) is 0.297. The SMILES string of the molecule is CN=C(NCCOc1cccc(C)c1)NC1CCN(C(C)C)CC1.I. The molecule has 2 N–H and O–H groups in total. The first-order valence-corrected chi connectivity index (χ1v) is 8.99. The minimum atomic E-state index is 0. The Labute approximate surface area is 169 Å². The minimum Gasteiger partial charge on any atom is -0.492 e. The highest BCUT2D eigenvalue weighted by atomic mass is 127. The smallest absolute Gasteiger partial charge is 0.191 e. The van der Waals surface area contributed by atoms with Crippen molar-refractivity contribution in [3.8, 4) is 5.75 Å². The van der Waals surface area contributed by atoms with Crippen LogP contribution in [-0.2, 0) is 0 Å². The van der Waals surface area contributed by atoms with E-state index in [0.29, 0.717) is 18.7 Å². The van der Waals surface area contributed by atoms with Gasteiger partial charge in [0.2, 0.25) is 0 Å². The number of ether oxygens (including phenoxy) is 1. The van der Waals surface area contributed by atoms with Crippen LogP contribution in [0.15, 0.2) is 29.3 Å². The number of hydrogen-bond donors (Lipinski definition) is 2. The topological polar surface area (TPSA) is 48.9 Å². The molecule has 1 aliphatic heterocycles. The molecule has 0 aliphatic carbocycles. The predicted molar refractivity (Wildman–Crippen MR) is 116 cm³/mol. The summed E-state index contributed by atoms with van der Waals surface area (Å²) in [5.74, 6) is 1.78. The lowest BCUT2D eigenvalue weighted by Crippen LogP contribution is -2.50. The molecule has 1 aromatic rings. The van der Waals surface area contributed by atoms with Gasteiger partial charge in [0.05, 0.1) is 6.54 Å². The van der Waals surface area contributed by atoms with Gasteiger partial charge in [0, 0.05) is 32.2 Å². The van der Waals surface area contributed by atoms with Crippen molar-refractivity contribution in [3.05, 3.63) is 29.8 Å². The van der Waals surface area contributed by atoms with Crippen molar-refractivity contribution in [1.29, 1.82) is 0 Å². The van der Waals surface area contributed by atoms with Crippen molar-refractivity contribution in [3.63, 3.8) is 0 Å². The van der Waals surface area contributed by atoms with Crippen molar-refractivity contribution in [2.75, 3.05) is 33.3 Å². The molecule has 0 amide bonds. The molecule has 1 saturated heterocycles. The first-order valence-electron chi connectivity index (χ1n) is 8.99. The predicted octanol–water partition coefficient (Wildman–Crippen LogP) is 3.03. The first kappa shape index (κ1) is 22.0. The summed E-state index contributed by atoms with van der Waals surface area (Å²) in [4.78, 5) is 6.85. The average Bonchev–Trinajstić information content (AvgIpc) is 2.58. The van der Waals surface area contributed by atoms with Gasteiger partial charge < -0.3 is 20.3 Å². The highest BCUT2D eigenvalue weighted by molar-refractivity contribution is 14.0. The minimum absolute atomic E-state index is 0. The molecule has 1 heterocycles. The number of halogens is 1. The largest absolute Gasteiger partial charge is 0.492 e. The number of rotatable bonds is 6. The second-order valence-corrected chi connectivity index (χ2v) is 6.71. The van der Waals surface area contributed by atoms with E-state index in [-0.39, 0.29) is 24.0 Å². The molecule has 5 nitrogen and oxygen atoms in total. The van der Waals surface area contributed by atoms with Crippen molar-refractivity contribution < 1.29 is 4.74 Å². The maximum absolute atomic E-state index is 5.76.